The highest BCUT2D eigenvalue weighted by molar-refractivity contribution is 7.99. The second-order valence-electron chi connectivity index (χ2n) is 2.45. The minimum Gasteiger partial charge on any atom is -0.508 e. The highest BCUT2D eigenvalue weighted by atomic mass is 32.2. The Morgan fingerprint density at radius 2 is 2.15 bits per heavy atom. The maximum absolute atomic E-state index is 9.89. The molecule has 0 heterocycles. The Labute approximate surface area is 80.4 Å². The first-order valence-electron chi connectivity index (χ1n) is 3.67. The van der Waals surface area contributed by atoms with Gasteiger partial charge in [-0.2, -0.15) is 0 Å². The minimum absolute atomic E-state index is 0.114. The van der Waals surface area contributed by atoms with Crippen LogP contribution in [0.3, 0.4) is 0 Å². The van der Waals surface area contributed by atoms with Crippen LogP contribution in [-0.2, 0) is 10.5 Å². The van der Waals surface area contributed by atoms with Gasteiger partial charge < -0.3 is 10.2 Å². The number of hydrogen-bond acceptors (Lipinski definition) is 4. The van der Waals surface area contributed by atoms with Gasteiger partial charge in [0.1, 0.15) is 11.5 Å². The third-order valence-electron chi connectivity index (χ3n) is 1.48. The van der Waals surface area contributed by atoms with Crippen molar-refractivity contribution in [2.75, 3.05) is 5.75 Å². The highest BCUT2D eigenvalue weighted by Crippen LogP contribution is 2.25. The lowest BCUT2D eigenvalue weighted by Crippen LogP contribution is -1.84. The molecule has 2 N–H and O–H groups in total. The number of benzene rings is 1. The van der Waals surface area contributed by atoms with E-state index in [4.69, 9.17) is 5.11 Å². The molecule has 1 radical (unpaired) electrons. The van der Waals surface area contributed by atoms with E-state index in [-0.39, 0.29) is 17.3 Å². The maximum Gasteiger partial charge on any atom is 0.209 e. The molecule has 13 heavy (non-hydrogen) atoms. The molecule has 0 unspecified atom stereocenters. The standard InChI is InChI=1S/C9H9O3S/c10-3-4-13-6-7-5-8(11)1-2-9(7)12/h1-2,5,11-12H,4,6H2. The molecule has 69 valence electrons. The fourth-order valence-corrected chi connectivity index (χ4v) is 1.53. The van der Waals surface area contributed by atoms with Crippen molar-refractivity contribution in [3.63, 3.8) is 0 Å². The van der Waals surface area contributed by atoms with E-state index in [2.05, 4.69) is 0 Å². The first-order valence-corrected chi connectivity index (χ1v) is 4.83. The molecule has 0 saturated heterocycles. The fraction of sp³-hybridized carbons (Fsp3) is 0.222. The molecular weight excluding hydrogens is 188 g/mol. The lowest BCUT2D eigenvalue weighted by molar-refractivity contribution is 0.456. The number of rotatable bonds is 4. The van der Waals surface area contributed by atoms with E-state index in [0.717, 1.165) is 0 Å². The van der Waals surface area contributed by atoms with Crippen LogP contribution in [0.25, 0.3) is 0 Å². The van der Waals surface area contributed by atoms with Gasteiger partial charge in [-0.15, -0.1) is 11.8 Å². The molecule has 0 aliphatic heterocycles. The monoisotopic (exact) mass is 197 g/mol. The van der Waals surface area contributed by atoms with Crippen molar-refractivity contribution in [3.8, 4) is 11.5 Å². The largest absolute Gasteiger partial charge is 0.508 e. The van der Waals surface area contributed by atoms with Gasteiger partial charge in [-0.3, -0.25) is 4.79 Å². The van der Waals surface area contributed by atoms with Gasteiger partial charge in [0.15, 0.2) is 0 Å². The molecule has 0 fully saturated rings. The van der Waals surface area contributed by atoms with Crippen LogP contribution in [0.1, 0.15) is 5.56 Å². The van der Waals surface area contributed by atoms with Crippen LogP contribution in [-0.4, -0.2) is 22.3 Å². The highest BCUT2D eigenvalue weighted by Gasteiger charge is 2.01. The molecule has 0 atom stereocenters. The number of phenols is 2. The van der Waals surface area contributed by atoms with Gasteiger partial charge in [-0.25, -0.2) is 0 Å². The summed E-state index contributed by atoms with van der Waals surface area (Å²) >= 11 is 1.33. The summed E-state index contributed by atoms with van der Waals surface area (Å²) in [6.45, 7) is 0. The predicted molar refractivity (Wildman–Crippen MR) is 51.6 cm³/mol. The Morgan fingerprint density at radius 1 is 1.38 bits per heavy atom. The van der Waals surface area contributed by atoms with Crippen molar-refractivity contribution in [3.05, 3.63) is 23.8 Å². The van der Waals surface area contributed by atoms with E-state index in [0.29, 0.717) is 11.3 Å². The van der Waals surface area contributed by atoms with Crippen molar-refractivity contribution in [1.29, 1.82) is 0 Å². The van der Waals surface area contributed by atoms with Gasteiger partial charge in [0, 0.05) is 11.3 Å². The van der Waals surface area contributed by atoms with Gasteiger partial charge in [-0.1, -0.05) is 0 Å². The zero-order valence-corrected chi connectivity index (χ0v) is 7.67. The molecule has 0 aliphatic carbocycles. The van der Waals surface area contributed by atoms with E-state index in [1.165, 1.54) is 30.0 Å². The van der Waals surface area contributed by atoms with Crippen LogP contribution in [0.4, 0.5) is 0 Å². The van der Waals surface area contributed by atoms with Gasteiger partial charge in [-0.05, 0) is 18.2 Å². The average molecular weight is 197 g/mol. The van der Waals surface area contributed by atoms with Crippen LogP contribution in [0.15, 0.2) is 18.2 Å². The van der Waals surface area contributed by atoms with Gasteiger partial charge in [0.25, 0.3) is 0 Å². The number of hydrogen-bond donors (Lipinski definition) is 2. The predicted octanol–water partition coefficient (Wildman–Crippen LogP) is 1.44. The van der Waals surface area contributed by atoms with Crippen molar-refractivity contribution >= 4 is 18.0 Å². The molecule has 3 nitrogen and oxygen atoms in total. The second kappa shape index (κ2) is 4.77. The number of aromatic hydroxyl groups is 2. The van der Waals surface area contributed by atoms with E-state index < -0.39 is 0 Å². The molecule has 0 aromatic heterocycles. The smallest absolute Gasteiger partial charge is 0.209 e. The molecule has 1 aromatic carbocycles. The van der Waals surface area contributed by atoms with Gasteiger partial charge in [0.05, 0.1) is 5.75 Å². The Morgan fingerprint density at radius 3 is 2.85 bits per heavy atom. The summed E-state index contributed by atoms with van der Waals surface area (Å²) in [5, 5.41) is 18.4. The van der Waals surface area contributed by atoms with Crippen molar-refractivity contribution in [1.82, 2.24) is 0 Å². The van der Waals surface area contributed by atoms with E-state index in [1.54, 1.807) is 6.29 Å². The van der Waals surface area contributed by atoms with Crippen molar-refractivity contribution in [2.24, 2.45) is 0 Å². The summed E-state index contributed by atoms with van der Waals surface area (Å²) in [6, 6.07) is 4.32. The Balaban J connectivity index is 2.64. The molecule has 0 amide bonds. The molecule has 4 heteroatoms. The molecule has 0 bridgehead atoms. The van der Waals surface area contributed by atoms with E-state index >= 15 is 0 Å². The lowest BCUT2D eigenvalue weighted by Gasteiger charge is -2.02. The normalized spacial score (nSPS) is 9.85. The summed E-state index contributed by atoms with van der Waals surface area (Å²) in [5.41, 5.74) is 0.625. The number of thioether (sulfide) groups is 1. The molecule has 1 rings (SSSR count). The van der Waals surface area contributed by atoms with E-state index in [9.17, 15) is 9.90 Å². The first-order chi connectivity index (χ1) is 6.24. The molecule has 0 saturated carbocycles. The Hall–Kier alpha value is -1.16. The lowest BCUT2D eigenvalue weighted by atomic mass is 10.2. The number of carbonyl (C=O) groups excluding carboxylic acids is 1. The van der Waals surface area contributed by atoms with Crippen LogP contribution >= 0.6 is 11.8 Å². The van der Waals surface area contributed by atoms with Crippen LogP contribution in [0.5, 0.6) is 11.5 Å². The maximum atomic E-state index is 9.89. The average Bonchev–Trinajstić information content (AvgIpc) is 2.11. The fourth-order valence-electron chi connectivity index (χ4n) is 0.890. The first kappa shape index (κ1) is 9.92. The summed E-state index contributed by atoms with van der Waals surface area (Å²) in [5.74, 6) is 1.02. The summed E-state index contributed by atoms with van der Waals surface area (Å²) < 4.78 is 0. The van der Waals surface area contributed by atoms with E-state index in [1.807, 2.05) is 0 Å². The zero-order valence-electron chi connectivity index (χ0n) is 6.86. The van der Waals surface area contributed by atoms with Crippen LogP contribution in [0, 0.1) is 0 Å². The quantitative estimate of drug-likeness (QED) is 0.566. The summed E-state index contributed by atoms with van der Waals surface area (Å²) in [6.07, 6.45) is 1.74. The second-order valence-corrected chi connectivity index (χ2v) is 3.44. The Bertz CT molecular complexity index is 299. The summed E-state index contributed by atoms with van der Waals surface area (Å²) in [7, 11) is 0. The van der Waals surface area contributed by atoms with Gasteiger partial charge in [0.2, 0.25) is 6.29 Å². The van der Waals surface area contributed by atoms with Gasteiger partial charge >= 0.3 is 0 Å². The third-order valence-corrected chi connectivity index (χ3v) is 2.32. The van der Waals surface area contributed by atoms with Crippen LogP contribution in [0.2, 0.25) is 0 Å². The molecule has 0 spiro atoms. The molecule has 1 aromatic rings. The Kier molecular flexibility index (Phi) is 3.64. The molecular formula is C9H9O3S. The third kappa shape index (κ3) is 2.99. The minimum atomic E-state index is 0.114. The zero-order chi connectivity index (χ0) is 9.68. The topological polar surface area (TPSA) is 57.5 Å². The van der Waals surface area contributed by atoms with Crippen molar-refractivity contribution < 1.29 is 15.0 Å². The van der Waals surface area contributed by atoms with Crippen LogP contribution < -0.4 is 0 Å². The molecule has 0 aliphatic rings. The number of phenolic OH excluding ortho intramolecular Hbond substituents is 2. The SMILES string of the molecule is O=[C]CSCc1cc(O)ccc1O. The van der Waals surface area contributed by atoms with Crippen molar-refractivity contribution in [2.45, 2.75) is 5.75 Å². The summed E-state index contributed by atoms with van der Waals surface area (Å²) in [4.78, 5) is 9.89.